The average Bonchev–Trinajstić information content (AvgIpc) is 1.62. The summed E-state index contributed by atoms with van der Waals surface area (Å²) in [4.78, 5) is 83.0. The van der Waals surface area contributed by atoms with Gasteiger partial charge in [-0.2, -0.15) is 15.3 Å². The summed E-state index contributed by atoms with van der Waals surface area (Å²) in [7, 11) is 0. The zero-order valence-electron chi connectivity index (χ0n) is 68.4. The maximum atomic E-state index is 12.5. The lowest BCUT2D eigenvalue weighted by atomic mass is 9.98. The highest BCUT2D eigenvalue weighted by molar-refractivity contribution is 6.04. The van der Waals surface area contributed by atoms with Gasteiger partial charge in [0.15, 0.2) is 34.2 Å². The molecular formula is C90H103N21O7. The van der Waals surface area contributed by atoms with Crippen LogP contribution in [0.15, 0.2) is 203 Å². The second-order valence-electron chi connectivity index (χ2n) is 32.6. The fourth-order valence-corrected chi connectivity index (χ4v) is 15.1. The van der Waals surface area contributed by atoms with Gasteiger partial charge in [0.05, 0.1) is 52.2 Å². The predicted octanol–water partition coefficient (Wildman–Crippen LogP) is 15.6. The molecule has 6 aromatic carbocycles. The number of aromatic nitrogens is 12. The largest absolute Gasteiger partial charge is 0.457 e. The van der Waals surface area contributed by atoms with E-state index >= 15 is 0 Å². The van der Waals surface area contributed by atoms with Crippen LogP contribution in [0, 0.1) is 0 Å². The lowest BCUT2D eigenvalue weighted by Gasteiger charge is -2.40. The molecule has 610 valence electrons. The van der Waals surface area contributed by atoms with Crippen LogP contribution in [0.4, 0.5) is 28.8 Å². The number of fused-ring (bicyclic) bond motifs is 3. The highest BCUT2D eigenvalue weighted by Gasteiger charge is 2.34. The van der Waals surface area contributed by atoms with Crippen molar-refractivity contribution in [3.63, 3.8) is 0 Å². The normalized spacial score (nSPS) is 14.8. The van der Waals surface area contributed by atoms with Crippen molar-refractivity contribution in [2.75, 3.05) is 73.6 Å². The first kappa shape index (κ1) is 82.9. The number of ketones is 1. The Bertz CT molecular complexity index is 5400. The molecule has 0 radical (unpaired) electrons. The third-order valence-electron chi connectivity index (χ3n) is 21.1. The molecule has 12 aromatic rings. The molecule has 3 fully saturated rings. The van der Waals surface area contributed by atoms with Crippen molar-refractivity contribution >= 4 is 85.4 Å². The van der Waals surface area contributed by atoms with Crippen molar-refractivity contribution < 1.29 is 33.4 Å². The Morgan fingerprint density at radius 2 is 0.780 bits per heavy atom. The number of nitrogens with zero attached hydrogens (tertiary/aromatic N) is 15. The minimum Gasteiger partial charge on any atom is -0.457 e. The van der Waals surface area contributed by atoms with Crippen molar-refractivity contribution in [3.8, 4) is 68.3 Å². The number of hydrogen-bond donors (Lipinski definition) is 6. The lowest BCUT2D eigenvalue weighted by molar-refractivity contribution is -0.124. The van der Waals surface area contributed by atoms with E-state index in [2.05, 4.69) is 122 Å². The van der Waals surface area contributed by atoms with E-state index in [0.717, 1.165) is 94.5 Å². The summed E-state index contributed by atoms with van der Waals surface area (Å²) >= 11 is 0. The molecule has 15 rings (SSSR count). The van der Waals surface area contributed by atoms with E-state index in [1.165, 1.54) is 37.2 Å². The number of ether oxygens (including phenoxy) is 3. The lowest BCUT2D eigenvalue weighted by Crippen LogP contribution is -2.47. The molecule has 0 spiro atoms. The molecule has 3 aliphatic rings. The first-order chi connectivity index (χ1) is 56.6. The molecule has 9 heterocycles. The molecule has 0 bridgehead atoms. The topological polar surface area (TPSA) is 351 Å². The quantitative estimate of drug-likeness (QED) is 0.0364. The number of hydrogen-bond acceptors (Lipinski definition) is 22. The first-order valence-electron chi connectivity index (χ1n) is 39.7. The number of amides is 3. The van der Waals surface area contributed by atoms with Crippen LogP contribution < -0.4 is 47.4 Å². The van der Waals surface area contributed by atoms with Crippen molar-refractivity contribution in [2.45, 2.75) is 142 Å². The molecule has 0 unspecified atom stereocenters. The van der Waals surface area contributed by atoms with Crippen LogP contribution in [0.2, 0.25) is 0 Å². The number of anilines is 5. The van der Waals surface area contributed by atoms with Gasteiger partial charge in [0.25, 0.3) is 0 Å². The summed E-state index contributed by atoms with van der Waals surface area (Å²) in [6.45, 7) is 36.0. The van der Waals surface area contributed by atoms with Crippen LogP contribution >= 0.6 is 0 Å². The predicted molar refractivity (Wildman–Crippen MR) is 463 cm³/mol. The Hall–Kier alpha value is -13.1. The van der Waals surface area contributed by atoms with Crippen LogP contribution in [0.25, 0.3) is 66.9 Å². The van der Waals surface area contributed by atoms with Crippen molar-refractivity contribution in [1.82, 2.24) is 79.3 Å². The second kappa shape index (κ2) is 36.0. The van der Waals surface area contributed by atoms with Crippen LogP contribution in [0.3, 0.4) is 0 Å². The number of nitrogens with one attached hydrogen (secondary N) is 3. The Morgan fingerprint density at radius 1 is 0.441 bits per heavy atom. The number of benzene rings is 6. The number of carbonyl (C=O) groups excluding carboxylic acids is 4. The monoisotopic (exact) mass is 1590 g/mol. The summed E-state index contributed by atoms with van der Waals surface area (Å²) in [5.41, 5.74) is 27.2. The fraction of sp³-hybridized carbons (Fsp3) is 0.322. The Balaban J connectivity index is 0.000000154. The van der Waals surface area contributed by atoms with E-state index in [4.69, 9.17) is 46.7 Å². The number of nitrogen functional groups attached to an aromatic ring is 3. The van der Waals surface area contributed by atoms with Crippen LogP contribution in [-0.2, 0) is 25.6 Å². The van der Waals surface area contributed by atoms with Crippen LogP contribution in [0.1, 0.15) is 125 Å². The molecule has 3 saturated heterocycles. The van der Waals surface area contributed by atoms with Gasteiger partial charge in [-0.05, 0) is 210 Å². The van der Waals surface area contributed by atoms with Gasteiger partial charge in [-0.1, -0.05) is 74.3 Å². The maximum Gasteiger partial charge on any atom is 0.247 e. The third-order valence-corrected chi connectivity index (χ3v) is 21.1. The summed E-state index contributed by atoms with van der Waals surface area (Å²) in [6.07, 6.45) is 13.8. The van der Waals surface area contributed by atoms with E-state index in [1.54, 1.807) is 0 Å². The minimum atomic E-state index is -0.344. The molecule has 0 aliphatic carbocycles. The molecule has 3 aliphatic heterocycles. The summed E-state index contributed by atoms with van der Waals surface area (Å²) in [5.74, 6) is 3.85. The molecule has 9 N–H and O–H groups in total. The van der Waals surface area contributed by atoms with E-state index in [1.807, 2.05) is 180 Å². The third kappa shape index (κ3) is 19.7. The number of likely N-dealkylation sites (tertiary alicyclic amines) is 3. The Morgan fingerprint density at radius 3 is 1.12 bits per heavy atom. The molecule has 118 heavy (non-hydrogen) atoms. The van der Waals surface area contributed by atoms with Gasteiger partial charge in [0, 0.05) is 84.6 Å². The summed E-state index contributed by atoms with van der Waals surface area (Å²) in [6, 6.07) is 45.5. The van der Waals surface area contributed by atoms with Crippen LogP contribution in [0.5, 0.6) is 34.5 Å². The summed E-state index contributed by atoms with van der Waals surface area (Å²) in [5, 5.41) is 25.9. The number of para-hydroxylation sites is 3. The van der Waals surface area contributed by atoms with Gasteiger partial charge in [0.2, 0.25) is 17.7 Å². The fourth-order valence-electron chi connectivity index (χ4n) is 15.1. The maximum absolute atomic E-state index is 12.5. The zero-order valence-corrected chi connectivity index (χ0v) is 68.4. The minimum absolute atomic E-state index is 0.0266. The first-order valence-corrected chi connectivity index (χ1v) is 39.7. The number of nitrogens with two attached hydrogens (primary N) is 3. The van der Waals surface area contributed by atoms with E-state index in [-0.39, 0.29) is 64.7 Å². The van der Waals surface area contributed by atoms with Crippen molar-refractivity contribution in [2.24, 2.45) is 0 Å². The standard InChI is InChI=1S/C32H37N7O3.2C29H33N7O2/c1-5-24(40)18-22-17-21(11-12-26(22)42-25-9-7-6-8-10-25)29-28-30(33)34-20-35-31(28)39(37-29)23-13-15-38(16-14-23)19-27(41)36-32(2,3)4;2*1-5-24(37)33-22-17-19(11-12-23(22)38-21-9-7-6-8-10-21)26-25-27(30)31-18-32-28(25)36(34-26)20-13-15-35(16-14-20)29(2,3)4/h5-12,17,20,23H,1,13-16,18-19H2,2-4H3,(H,36,41)(H2,33,34,35);2*5-12,17-18,20H,1,13-16H2,2-4H3,(H,33,37)(H2,30,31,32). The van der Waals surface area contributed by atoms with Gasteiger partial charge in [-0.3, -0.25) is 33.9 Å². The molecule has 0 saturated carbocycles. The number of rotatable bonds is 21. The van der Waals surface area contributed by atoms with E-state index in [0.29, 0.717) is 126 Å². The Kier molecular flexibility index (Phi) is 25.3. The van der Waals surface area contributed by atoms with Gasteiger partial charge in [-0.25, -0.2) is 43.9 Å². The highest BCUT2D eigenvalue weighted by atomic mass is 16.5. The van der Waals surface area contributed by atoms with Gasteiger partial charge in [-0.15, -0.1) is 0 Å². The number of carbonyl (C=O) groups is 4. The van der Waals surface area contributed by atoms with Crippen molar-refractivity contribution in [1.29, 1.82) is 0 Å². The SMILES string of the molecule is C=CC(=O)Cc1cc(-c2nn(C3CCN(CC(=O)NC(C)(C)C)CC3)c3ncnc(N)c23)ccc1Oc1ccccc1.C=CC(=O)Nc1cc(-c2nn(C3CCN(C(C)(C)C)CC3)c3ncnc(N)c23)ccc1Oc1ccccc1.C=CC(=O)Nc1cc(-c2nn(C3CCN(C(C)(C)C)CC3)c3ncnc(N)c23)ccc1Oc1ccccc1. The Labute approximate surface area is 686 Å². The van der Waals surface area contributed by atoms with Crippen LogP contribution in [-0.4, -0.2) is 160 Å². The van der Waals surface area contributed by atoms with E-state index in [9.17, 15) is 19.2 Å². The van der Waals surface area contributed by atoms with Gasteiger partial charge >= 0.3 is 0 Å². The van der Waals surface area contributed by atoms with Gasteiger partial charge in [0.1, 0.15) is 76.5 Å². The van der Waals surface area contributed by atoms with Gasteiger partial charge < -0.3 is 47.4 Å². The smallest absolute Gasteiger partial charge is 0.247 e. The second-order valence-corrected chi connectivity index (χ2v) is 32.6. The molecule has 6 aromatic heterocycles. The molecule has 3 amide bonds. The van der Waals surface area contributed by atoms with E-state index < -0.39 is 0 Å². The molecular weight excluding hydrogens is 1490 g/mol. The molecule has 28 nitrogen and oxygen atoms in total. The highest BCUT2D eigenvalue weighted by Crippen LogP contribution is 2.43. The number of piperidine rings is 3. The molecule has 0 atom stereocenters. The zero-order chi connectivity index (χ0) is 83.6. The number of allylic oxidation sites excluding steroid dienone is 1. The summed E-state index contributed by atoms with van der Waals surface area (Å²) < 4.78 is 24.2. The molecule has 28 heteroatoms. The average molecular weight is 1590 g/mol. The van der Waals surface area contributed by atoms with Crippen molar-refractivity contribution in [3.05, 3.63) is 208 Å².